The Labute approximate surface area is 197 Å². The van der Waals surface area contributed by atoms with Gasteiger partial charge in [0.05, 0.1) is 12.5 Å². The molecule has 0 unspecified atom stereocenters. The summed E-state index contributed by atoms with van der Waals surface area (Å²) in [6.07, 6.45) is 4.17. The third-order valence-corrected chi connectivity index (χ3v) is 7.32. The molecular formula is C26H37N3O4. The predicted octanol–water partition coefficient (Wildman–Crippen LogP) is 2.86. The van der Waals surface area contributed by atoms with Crippen LogP contribution in [0.4, 0.5) is 0 Å². The Morgan fingerprint density at radius 3 is 2.55 bits per heavy atom. The van der Waals surface area contributed by atoms with Crippen LogP contribution in [0, 0.1) is 11.8 Å². The Morgan fingerprint density at radius 1 is 1.09 bits per heavy atom. The largest absolute Gasteiger partial charge is 0.493 e. The highest BCUT2D eigenvalue weighted by atomic mass is 16.5. The number of rotatable bonds is 5. The normalized spacial score (nSPS) is 21.0. The number of carbonyl (C=O) groups excluding carboxylic acids is 3. The summed E-state index contributed by atoms with van der Waals surface area (Å²) < 4.78 is 5.65. The SMILES string of the molecule is CC(=O)N1CCC(N(Cc2ccc3c(c2)CCO3)C(=O)[C@H]2CCCN(C(=O)C(C)C)C2)CC1. The lowest BCUT2D eigenvalue weighted by Gasteiger charge is -2.41. The number of likely N-dealkylation sites (tertiary alicyclic amines) is 2. The second-order valence-electron chi connectivity index (χ2n) is 10.0. The van der Waals surface area contributed by atoms with Crippen molar-refractivity contribution in [1.82, 2.24) is 14.7 Å². The molecule has 7 nitrogen and oxygen atoms in total. The van der Waals surface area contributed by atoms with E-state index in [9.17, 15) is 14.4 Å². The maximum atomic E-state index is 13.9. The van der Waals surface area contributed by atoms with Crippen LogP contribution in [0.2, 0.25) is 0 Å². The molecule has 0 aromatic heterocycles. The molecule has 3 heterocycles. The third kappa shape index (κ3) is 5.33. The van der Waals surface area contributed by atoms with Crippen LogP contribution in [0.1, 0.15) is 57.6 Å². The molecule has 7 heteroatoms. The van der Waals surface area contributed by atoms with Gasteiger partial charge in [0, 0.05) is 58.0 Å². The Morgan fingerprint density at radius 2 is 1.85 bits per heavy atom. The maximum Gasteiger partial charge on any atom is 0.228 e. The van der Waals surface area contributed by atoms with Crippen LogP contribution >= 0.6 is 0 Å². The number of carbonyl (C=O) groups is 3. The van der Waals surface area contributed by atoms with Gasteiger partial charge in [0.25, 0.3) is 0 Å². The zero-order valence-corrected chi connectivity index (χ0v) is 20.2. The van der Waals surface area contributed by atoms with Crippen molar-refractivity contribution < 1.29 is 19.1 Å². The standard InChI is InChI=1S/C26H37N3O4/c1-18(2)25(31)28-11-4-5-22(17-28)26(32)29(23-8-12-27(13-9-23)19(3)30)16-20-6-7-24-21(15-20)10-14-33-24/h6-7,15,18,22-23H,4-5,8-14,16-17H2,1-3H3/t22-/m0/s1. The summed E-state index contributed by atoms with van der Waals surface area (Å²) in [5.74, 6) is 1.10. The summed E-state index contributed by atoms with van der Waals surface area (Å²) >= 11 is 0. The van der Waals surface area contributed by atoms with Crippen LogP contribution in [0.25, 0.3) is 0 Å². The molecule has 3 amide bonds. The van der Waals surface area contributed by atoms with Gasteiger partial charge >= 0.3 is 0 Å². The quantitative estimate of drug-likeness (QED) is 0.685. The minimum Gasteiger partial charge on any atom is -0.493 e. The average molecular weight is 456 g/mol. The van der Waals surface area contributed by atoms with Gasteiger partial charge in [0.1, 0.15) is 5.75 Å². The molecule has 1 atom stereocenters. The Kier molecular flexibility index (Phi) is 7.25. The Balaban J connectivity index is 1.52. The minimum absolute atomic E-state index is 0.0560. The Hall–Kier alpha value is -2.57. The average Bonchev–Trinajstić information content (AvgIpc) is 3.29. The molecule has 4 rings (SSSR count). The van der Waals surface area contributed by atoms with Crippen molar-refractivity contribution in [1.29, 1.82) is 0 Å². The van der Waals surface area contributed by atoms with Crippen molar-refractivity contribution in [3.05, 3.63) is 29.3 Å². The van der Waals surface area contributed by atoms with E-state index in [0.717, 1.165) is 50.0 Å². The fourth-order valence-corrected chi connectivity index (χ4v) is 5.39. The molecule has 0 saturated carbocycles. The fraction of sp³-hybridized carbons (Fsp3) is 0.654. The molecule has 33 heavy (non-hydrogen) atoms. The first-order valence-electron chi connectivity index (χ1n) is 12.4. The van der Waals surface area contributed by atoms with Gasteiger partial charge in [-0.1, -0.05) is 26.0 Å². The lowest BCUT2D eigenvalue weighted by molar-refractivity contribution is -0.145. The highest BCUT2D eigenvalue weighted by Crippen LogP contribution is 2.29. The molecule has 0 spiro atoms. The van der Waals surface area contributed by atoms with Crippen molar-refractivity contribution in [3.63, 3.8) is 0 Å². The van der Waals surface area contributed by atoms with Gasteiger partial charge in [-0.15, -0.1) is 0 Å². The molecular weight excluding hydrogens is 418 g/mol. The lowest BCUT2D eigenvalue weighted by Crippen LogP contribution is -2.52. The summed E-state index contributed by atoms with van der Waals surface area (Å²) in [5.41, 5.74) is 2.32. The maximum absolute atomic E-state index is 13.9. The van der Waals surface area contributed by atoms with E-state index in [1.807, 2.05) is 34.6 Å². The van der Waals surface area contributed by atoms with Gasteiger partial charge in [0.2, 0.25) is 17.7 Å². The number of fused-ring (bicyclic) bond motifs is 1. The van der Waals surface area contributed by atoms with E-state index in [-0.39, 0.29) is 35.6 Å². The van der Waals surface area contributed by atoms with E-state index in [4.69, 9.17) is 4.74 Å². The van der Waals surface area contributed by atoms with E-state index >= 15 is 0 Å². The van der Waals surface area contributed by atoms with E-state index < -0.39 is 0 Å². The van der Waals surface area contributed by atoms with Gasteiger partial charge in [-0.25, -0.2) is 0 Å². The van der Waals surface area contributed by atoms with Gasteiger partial charge in [0.15, 0.2) is 0 Å². The van der Waals surface area contributed by atoms with Crippen molar-refractivity contribution in [3.8, 4) is 5.75 Å². The van der Waals surface area contributed by atoms with Crippen molar-refractivity contribution in [2.75, 3.05) is 32.8 Å². The van der Waals surface area contributed by atoms with Gasteiger partial charge in [-0.3, -0.25) is 14.4 Å². The second-order valence-corrected chi connectivity index (χ2v) is 10.0. The predicted molar refractivity (Wildman–Crippen MR) is 126 cm³/mol. The van der Waals surface area contributed by atoms with E-state index in [2.05, 4.69) is 12.1 Å². The lowest BCUT2D eigenvalue weighted by atomic mass is 9.93. The van der Waals surface area contributed by atoms with E-state index in [0.29, 0.717) is 32.8 Å². The van der Waals surface area contributed by atoms with Gasteiger partial charge in [-0.05, 0) is 42.9 Å². The minimum atomic E-state index is -0.162. The highest BCUT2D eigenvalue weighted by molar-refractivity contribution is 5.82. The fourth-order valence-electron chi connectivity index (χ4n) is 5.39. The molecule has 1 aromatic carbocycles. The number of piperidine rings is 2. The third-order valence-electron chi connectivity index (χ3n) is 7.32. The van der Waals surface area contributed by atoms with Crippen molar-refractivity contribution in [2.24, 2.45) is 11.8 Å². The zero-order valence-electron chi connectivity index (χ0n) is 20.2. The molecule has 1 aromatic rings. The highest BCUT2D eigenvalue weighted by Gasteiger charge is 2.36. The van der Waals surface area contributed by atoms with Crippen LogP contribution in [-0.4, -0.2) is 71.2 Å². The zero-order chi connectivity index (χ0) is 23.5. The number of benzene rings is 1. The summed E-state index contributed by atoms with van der Waals surface area (Å²) in [5, 5.41) is 0. The number of ether oxygens (including phenoxy) is 1. The summed E-state index contributed by atoms with van der Waals surface area (Å²) in [6.45, 7) is 9.34. The van der Waals surface area contributed by atoms with Crippen LogP contribution in [0.5, 0.6) is 5.75 Å². The summed E-state index contributed by atoms with van der Waals surface area (Å²) in [6, 6.07) is 6.35. The molecule has 0 N–H and O–H groups in total. The first-order valence-corrected chi connectivity index (χ1v) is 12.4. The van der Waals surface area contributed by atoms with Crippen molar-refractivity contribution in [2.45, 2.75) is 65.5 Å². The molecule has 0 radical (unpaired) electrons. The molecule has 2 fully saturated rings. The van der Waals surface area contributed by atoms with Crippen LogP contribution < -0.4 is 4.74 Å². The van der Waals surface area contributed by atoms with Crippen LogP contribution in [0.3, 0.4) is 0 Å². The number of hydrogen-bond donors (Lipinski definition) is 0. The first-order chi connectivity index (χ1) is 15.8. The van der Waals surface area contributed by atoms with Crippen LogP contribution in [0.15, 0.2) is 18.2 Å². The smallest absolute Gasteiger partial charge is 0.228 e. The van der Waals surface area contributed by atoms with E-state index in [1.54, 1.807) is 6.92 Å². The monoisotopic (exact) mass is 455 g/mol. The molecule has 0 bridgehead atoms. The second kappa shape index (κ2) is 10.1. The van der Waals surface area contributed by atoms with Gasteiger partial charge in [-0.2, -0.15) is 0 Å². The molecule has 0 aliphatic carbocycles. The van der Waals surface area contributed by atoms with Gasteiger partial charge < -0.3 is 19.4 Å². The number of hydrogen-bond acceptors (Lipinski definition) is 4. The number of amides is 3. The Bertz CT molecular complexity index is 892. The molecule has 2 saturated heterocycles. The molecule has 180 valence electrons. The topological polar surface area (TPSA) is 70.2 Å². The molecule has 3 aliphatic rings. The summed E-state index contributed by atoms with van der Waals surface area (Å²) in [4.78, 5) is 44.1. The van der Waals surface area contributed by atoms with E-state index in [1.165, 1.54) is 5.56 Å². The number of nitrogens with zero attached hydrogens (tertiary/aromatic N) is 3. The van der Waals surface area contributed by atoms with Crippen LogP contribution in [-0.2, 0) is 27.3 Å². The van der Waals surface area contributed by atoms with Crippen molar-refractivity contribution >= 4 is 17.7 Å². The summed E-state index contributed by atoms with van der Waals surface area (Å²) in [7, 11) is 0. The molecule has 3 aliphatic heterocycles. The first kappa shape index (κ1) is 23.6.